The van der Waals surface area contributed by atoms with Crippen LogP contribution in [0.4, 0.5) is 0 Å². The summed E-state index contributed by atoms with van der Waals surface area (Å²) in [6, 6.07) is 40.8. The molecule has 0 radical (unpaired) electrons. The van der Waals surface area contributed by atoms with Gasteiger partial charge in [-0.05, 0) is 0 Å². The van der Waals surface area contributed by atoms with Crippen LogP contribution in [0.2, 0.25) is 5.04 Å². The van der Waals surface area contributed by atoms with E-state index in [0.29, 0.717) is 12.0 Å². The predicted octanol–water partition coefficient (Wildman–Crippen LogP) is 7.13. The molecular weight excluding hydrogens is 724 g/mol. The molecule has 2 N–H and O–H groups in total. The van der Waals surface area contributed by atoms with Crippen LogP contribution in [0.1, 0.15) is 67.9 Å². The molecule has 3 heterocycles. The first-order valence-corrected chi connectivity index (χ1v) is 23.3. The SMILES string of the molecule is Cc1cn([C@H]2C[C@H](O[PH]3(O)O[C@H](c4ccccc4)C[C@H](c4ccccc4)S3)[C@@H](CO[Si](c3ccccc3)(c3ccccc3)C(C)(C)C)O2)c(=O)[nH]c1=O. The van der Waals surface area contributed by atoms with Crippen LogP contribution in [-0.4, -0.2) is 41.6 Å². The molecule has 12 heteroatoms. The molecule has 2 saturated heterocycles. The third kappa shape index (κ3) is 7.95. The topological polar surface area (TPSA) is 112 Å². The van der Waals surface area contributed by atoms with Crippen molar-refractivity contribution < 1.29 is 23.1 Å². The molecule has 0 unspecified atom stereocenters. The summed E-state index contributed by atoms with van der Waals surface area (Å²) in [4.78, 5) is 40.4. The molecular formula is C41H47N2O7PSSi. The Bertz CT molecular complexity index is 2010. The van der Waals surface area contributed by atoms with E-state index in [-0.39, 0.29) is 23.3 Å². The fraction of sp³-hybridized carbons (Fsp3) is 0.317. The molecule has 5 aromatic rings. The van der Waals surface area contributed by atoms with Gasteiger partial charge in [0.2, 0.25) is 0 Å². The number of nitrogens with zero attached hydrogens (tertiary/aromatic N) is 1. The molecule has 2 aliphatic rings. The van der Waals surface area contributed by atoms with Crippen LogP contribution in [0.25, 0.3) is 0 Å². The summed E-state index contributed by atoms with van der Waals surface area (Å²) in [5.41, 5.74) is 1.40. The summed E-state index contributed by atoms with van der Waals surface area (Å²) < 4.78 is 28.8. The van der Waals surface area contributed by atoms with Gasteiger partial charge in [0.1, 0.15) is 0 Å². The minimum atomic E-state index is -3.99. The van der Waals surface area contributed by atoms with Gasteiger partial charge in [-0.1, -0.05) is 0 Å². The third-order valence-corrected chi connectivity index (χ3v) is 19.7. The average Bonchev–Trinajstić information content (AvgIpc) is 3.55. The second kappa shape index (κ2) is 15.6. The second-order valence-corrected chi connectivity index (χ2v) is 23.7. The van der Waals surface area contributed by atoms with E-state index in [2.05, 4.69) is 62.2 Å². The monoisotopic (exact) mass is 770 g/mol. The van der Waals surface area contributed by atoms with Crippen LogP contribution in [0, 0.1) is 6.92 Å². The van der Waals surface area contributed by atoms with Gasteiger partial charge in [-0.25, -0.2) is 0 Å². The Morgan fingerprint density at radius 3 is 1.96 bits per heavy atom. The molecule has 1 aromatic heterocycles. The van der Waals surface area contributed by atoms with Crippen molar-refractivity contribution in [2.24, 2.45) is 0 Å². The molecule has 4 aromatic carbocycles. The molecule has 2 aliphatic heterocycles. The Labute approximate surface area is 315 Å². The zero-order chi connectivity index (χ0) is 37.2. The molecule has 2 fully saturated rings. The number of H-pyrrole nitrogens is 1. The quantitative estimate of drug-likeness (QED) is 0.114. The number of aromatic amines is 1. The fourth-order valence-electron chi connectivity index (χ4n) is 7.58. The van der Waals surface area contributed by atoms with E-state index in [9.17, 15) is 14.5 Å². The Hall–Kier alpha value is -3.64. The van der Waals surface area contributed by atoms with Gasteiger partial charge in [-0.15, -0.1) is 0 Å². The number of hydrogen-bond donors (Lipinski definition) is 2. The Balaban J connectivity index is 1.26. The third-order valence-electron chi connectivity index (χ3n) is 10.2. The fourth-order valence-corrected chi connectivity index (χ4v) is 17.3. The van der Waals surface area contributed by atoms with Crippen LogP contribution in [-0.2, 0) is 18.2 Å². The van der Waals surface area contributed by atoms with Gasteiger partial charge in [0.25, 0.3) is 0 Å². The number of hydrogen-bond acceptors (Lipinski definition) is 8. The second-order valence-electron chi connectivity index (χ2n) is 14.8. The van der Waals surface area contributed by atoms with E-state index in [1.165, 1.54) is 22.1 Å². The molecule has 0 spiro atoms. The summed E-state index contributed by atoms with van der Waals surface area (Å²) in [6.07, 6.45) is -0.158. The summed E-state index contributed by atoms with van der Waals surface area (Å²) in [5, 5.41) is 1.86. The van der Waals surface area contributed by atoms with Crippen molar-refractivity contribution in [3.63, 3.8) is 0 Å². The van der Waals surface area contributed by atoms with Crippen LogP contribution in [0.15, 0.2) is 137 Å². The Morgan fingerprint density at radius 2 is 1.40 bits per heavy atom. The Kier molecular flexibility index (Phi) is 11.1. The molecule has 7 rings (SSSR count). The summed E-state index contributed by atoms with van der Waals surface area (Å²) >= 11 is 1.35. The number of nitrogens with one attached hydrogen (secondary N) is 1. The zero-order valence-electron chi connectivity index (χ0n) is 30.4. The first kappa shape index (κ1) is 37.7. The molecule has 0 aliphatic carbocycles. The first-order chi connectivity index (χ1) is 25.5. The van der Waals surface area contributed by atoms with Crippen molar-refractivity contribution in [3.8, 4) is 0 Å². The molecule has 53 heavy (non-hydrogen) atoms. The van der Waals surface area contributed by atoms with E-state index in [4.69, 9.17) is 18.2 Å². The van der Waals surface area contributed by atoms with Crippen molar-refractivity contribution >= 4 is 37.2 Å². The van der Waals surface area contributed by atoms with E-state index < -0.39 is 51.3 Å². The van der Waals surface area contributed by atoms with E-state index >= 15 is 0 Å². The van der Waals surface area contributed by atoms with Gasteiger partial charge in [0.05, 0.1) is 0 Å². The van der Waals surface area contributed by atoms with Crippen LogP contribution < -0.4 is 21.6 Å². The van der Waals surface area contributed by atoms with Crippen molar-refractivity contribution in [3.05, 3.63) is 165 Å². The van der Waals surface area contributed by atoms with Gasteiger partial charge in [0.15, 0.2) is 0 Å². The van der Waals surface area contributed by atoms with Gasteiger partial charge in [0, 0.05) is 0 Å². The predicted molar refractivity (Wildman–Crippen MR) is 215 cm³/mol. The number of aromatic nitrogens is 2. The van der Waals surface area contributed by atoms with Gasteiger partial charge in [-0.2, -0.15) is 0 Å². The zero-order valence-corrected chi connectivity index (χ0v) is 33.2. The molecule has 0 saturated carbocycles. The number of rotatable bonds is 10. The molecule has 278 valence electrons. The van der Waals surface area contributed by atoms with Crippen LogP contribution >= 0.6 is 18.5 Å². The number of benzene rings is 4. The van der Waals surface area contributed by atoms with E-state index in [1.54, 1.807) is 6.92 Å². The van der Waals surface area contributed by atoms with Crippen molar-refractivity contribution in [1.29, 1.82) is 0 Å². The van der Waals surface area contributed by atoms with E-state index in [0.717, 1.165) is 21.5 Å². The Morgan fingerprint density at radius 1 is 0.849 bits per heavy atom. The first-order valence-electron chi connectivity index (χ1n) is 18.0. The van der Waals surface area contributed by atoms with E-state index in [1.807, 2.05) is 84.9 Å². The number of ether oxygens (including phenoxy) is 1. The summed E-state index contributed by atoms with van der Waals surface area (Å²) in [6.45, 7) is 8.42. The van der Waals surface area contributed by atoms with Gasteiger partial charge >= 0.3 is 317 Å². The van der Waals surface area contributed by atoms with Crippen molar-refractivity contribution in [2.45, 2.75) is 75.4 Å². The normalized spacial score (nSPS) is 23.8. The van der Waals surface area contributed by atoms with Crippen molar-refractivity contribution in [2.75, 3.05) is 6.61 Å². The maximum absolute atomic E-state index is 13.2. The van der Waals surface area contributed by atoms with Crippen LogP contribution in [0.3, 0.4) is 0 Å². The minimum absolute atomic E-state index is 0.0822. The molecule has 5 atom stereocenters. The summed E-state index contributed by atoms with van der Waals surface area (Å²) in [5.74, 6) is 0. The molecule has 0 amide bonds. The van der Waals surface area contributed by atoms with Crippen molar-refractivity contribution in [1.82, 2.24) is 9.55 Å². The summed E-state index contributed by atoms with van der Waals surface area (Å²) in [7, 11) is -6.99. The van der Waals surface area contributed by atoms with Gasteiger partial charge < -0.3 is 0 Å². The standard InChI is InChI=1S/C41H47N2O7PSSi/c1-29-27-43(40(45)42-39(29)44)38-26-35(50-51(46)49-34(30-17-9-5-10-18-30)25-37(52-51)31-19-11-6-12-20-31)36(48-38)28-47-53(41(2,3)4,32-21-13-7-14-22-32)33-23-15-8-16-24-33/h5-24,27,34-38,46,51H,25-26,28H2,1-4H3,(H,42,44,45)/t34-,35-,36+,37+,38+/m0/s1. The number of aryl methyl sites for hydroxylation is 1. The average molecular weight is 771 g/mol. The van der Waals surface area contributed by atoms with Crippen LogP contribution in [0.5, 0.6) is 0 Å². The molecule has 0 bridgehead atoms. The van der Waals surface area contributed by atoms with Gasteiger partial charge in [-0.3, -0.25) is 0 Å². The maximum atomic E-state index is 13.2. The molecule has 9 nitrogen and oxygen atoms in total.